The van der Waals surface area contributed by atoms with Gasteiger partial charge in [0.15, 0.2) is 0 Å². The number of rotatable bonds is 10. The molecule has 1 rings (SSSR count). The summed E-state index contributed by atoms with van der Waals surface area (Å²) in [5.74, 6) is 1.04. The first kappa shape index (κ1) is 17.3. The van der Waals surface area contributed by atoms with E-state index in [9.17, 15) is 0 Å². The van der Waals surface area contributed by atoms with Crippen LogP contribution < -0.4 is 5.32 Å². The van der Waals surface area contributed by atoms with Gasteiger partial charge in [-0.25, -0.2) is 0 Å². The molecular weight excluding hydrogens is 248 g/mol. The van der Waals surface area contributed by atoms with Gasteiger partial charge in [0.05, 0.1) is 6.26 Å². The largest absolute Gasteiger partial charge is 0.469 e. The summed E-state index contributed by atoms with van der Waals surface area (Å²) in [4.78, 5) is 2.42. The Morgan fingerprint density at radius 1 is 1.30 bits per heavy atom. The highest BCUT2D eigenvalue weighted by Gasteiger charge is 2.25. The summed E-state index contributed by atoms with van der Waals surface area (Å²) in [6, 6.07) is 2.08. The van der Waals surface area contributed by atoms with Crippen LogP contribution >= 0.6 is 0 Å². The molecule has 0 spiro atoms. The Hall–Kier alpha value is -0.800. The zero-order chi connectivity index (χ0) is 15.0. The third kappa shape index (κ3) is 5.68. The normalized spacial score (nSPS) is 14.7. The van der Waals surface area contributed by atoms with Crippen molar-refractivity contribution in [2.45, 2.75) is 53.5 Å². The zero-order valence-electron chi connectivity index (χ0n) is 14.0. The molecular formula is C17H32N2O. The number of furan rings is 1. The van der Waals surface area contributed by atoms with E-state index in [-0.39, 0.29) is 0 Å². The summed E-state index contributed by atoms with van der Waals surface area (Å²) in [5, 5.41) is 3.59. The highest BCUT2D eigenvalue weighted by Crippen LogP contribution is 2.24. The predicted octanol–water partition coefficient (Wildman–Crippen LogP) is 3.83. The van der Waals surface area contributed by atoms with Gasteiger partial charge in [0.1, 0.15) is 5.76 Å². The summed E-state index contributed by atoms with van der Waals surface area (Å²) >= 11 is 0. The first-order chi connectivity index (χ1) is 9.50. The van der Waals surface area contributed by atoms with Crippen LogP contribution in [-0.4, -0.2) is 31.6 Å². The van der Waals surface area contributed by atoms with Crippen molar-refractivity contribution in [1.29, 1.82) is 0 Å². The molecule has 1 heterocycles. The fourth-order valence-electron chi connectivity index (χ4n) is 2.97. The fraction of sp³-hybridized carbons (Fsp3) is 0.765. The maximum atomic E-state index is 5.38. The van der Waals surface area contributed by atoms with Crippen LogP contribution in [0.2, 0.25) is 0 Å². The predicted molar refractivity (Wildman–Crippen MR) is 86.0 cm³/mol. The highest BCUT2D eigenvalue weighted by molar-refractivity contribution is 5.15. The van der Waals surface area contributed by atoms with Crippen molar-refractivity contribution in [3.63, 3.8) is 0 Å². The molecule has 0 fully saturated rings. The van der Waals surface area contributed by atoms with Crippen LogP contribution in [0.1, 0.15) is 51.4 Å². The molecule has 1 N–H and O–H groups in total. The third-order valence-electron chi connectivity index (χ3n) is 3.89. The zero-order valence-corrected chi connectivity index (χ0v) is 14.0. The molecule has 0 amide bonds. The molecule has 1 atom stereocenters. The molecule has 1 aromatic heterocycles. The molecule has 116 valence electrons. The molecule has 0 saturated heterocycles. The summed E-state index contributed by atoms with van der Waals surface area (Å²) in [6.07, 6.45) is 5.49. The van der Waals surface area contributed by atoms with Crippen molar-refractivity contribution in [2.75, 3.05) is 26.7 Å². The van der Waals surface area contributed by atoms with E-state index in [4.69, 9.17) is 4.42 Å². The molecule has 0 aromatic carbocycles. The molecule has 0 radical (unpaired) electrons. The third-order valence-corrected chi connectivity index (χ3v) is 3.89. The maximum Gasteiger partial charge on any atom is 0.105 e. The summed E-state index contributed by atoms with van der Waals surface area (Å²) < 4.78 is 5.38. The van der Waals surface area contributed by atoms with Crippen LogP contribution in [0.5, 0.6) is 0 Å². The molecule has 0 aliphatic rings. The lowest BCUT2D eigenvalue weighted by Gasteiger charge is -2.34. The summed E-state index contributed by atoms with van der Waals surface area (Å²) in [7, 11) is 2.21. The first-order valence-corrected chi connectivity index (χ1v) is 7.93. The van der Waals surface area contributed by atoms with Crippen molar-refractivity contribution in [1.82, 2.24) is 10.2 Å². The number of hydrogen-bond donors (Lipinski definition) is 1. The van der Waals surface area contributed by atoms with Gasteiger partial charge in [-0.1, -0.05) is 27.2 Å². The second-order valence-electron chi connectivity index (χ2n) is 6.41. The lowest BCUT2D eigenvalue weighted by atomic mass is 9.84. The highest BCUT2D eigenvalue weighted by atomic mass is 16.3. The number of nitrogens with one attached hydrogen (secondary N) is 1. The van der Waals surface area contributed by atoms with E-state index >= 15 is 0 Å². The van der Waals surface area contributed by atoms with Gasteiger partial charge in [-0.2, -0.15) is 0 Å². The SMILES string of the molecule is CCCNCC(C)(CCC)CN(C)Cc1ccoc1C. The minimum atomic E-state index is 0.344. The van der Waals surface area contributed by atoms with Crippen LogP contribution in [0, 0.1) is 12.3 Å². The Bertz CT molecular complexity index is 375. The average molecular weight is 280 g/mol. The topological polar surface area (TPSA) is 28.4 Å². The Kier molecular flexibility index (Phi) is 7.31. The van der Waals surface area contributed by atoms with Gasteiger partial charge >= 0.3 is 0 Å². The van der Waals surface area contributed by atoms with Gasteiger partial charge in [0.25, 0.3) is 0 Å². The standard InChI is InChI=1S/C17H32N2O/c1-6-9-17(4,13-18-10-7-2)14-19(5)12-16-8-11-20-15(16)3/h8,11,18H,6-7,9-10,12-14H2,1-5H3. The molecule has 0 saturated carbocycles. The van der Waals surface area contributed by atoms with Crippen molar-refractivity contribution in [3.8, 4) is 0 Å². The van der Waals surface area contributed by atoms with Crippen LogP contribution in [0.3, 0.4) is 0 Å². The lowest BCUT2D eigenvalue weighted by molar-refractivity contribution is 0.168. The molecule has 0 aliphatic heterocycles. The lowest BCUT2D eigenvalue weighted by Crippen LogP contribution is -2.41. The Balaban J connectivity index is 2.53. The van der Waals surface area contributed by atoms with Gasteiger partial charge in [0, 0.05) is 25.2 Å². The molecule has 1 unspecified atom stereocenters. The maximum absolute atomic E-state index is 5.38. The molecule has 20 heavy (non-hydrogen) atoms. The molecule has 0 bridgehead atoms. The van der Waals surface area contributed by atoms with Crippen LogP contribution in [0.15, 0.2) is 16.7 Å². The summed E-state index contributed by atoms with van der Waals surface area (Å²) in [6.45, 7) is 13.2. The van der Waals surface area contributed by atoms with Crippen LogP contribution in [0.25, 0.3) is 0 Å². The van der Waals surface area contributed by atoms with Crippen molar-refractivity contribution < 1.29 is 4.42 Å². The second kappa shape index (κ2) is 8.48. The van der Waals surface area contributed by atoms with Crippen molar-refractivity contribution >= 4 is 0 Å². The first-order valence-electron chi connectivity index (χ1n) is 7.93. The van der Waals surface area contributed by atoms with E-state index in [2.05, 4.69) is 44.1 Å². The molecule has 1 aromatic rings. The van der Waals surface area contributed by atoms with E-state index in [0.717, 1.165) is 31.9 Å². The van der Waals surface area contributed by atoms with Gasteiger partial charge in [-0.3, -0.25) is 0 Å². The second-order valence-corrected chi connectivity index (χ2v) is 6.41. The Labute approximate surface area is 124 Å². The van der Waals surface area contributed by atoms with Crippen molar-refractivity contribution in [3.05, 3.63) is 23.7 Å². The van der Waals surface area contributed by atoms with E-state index < -0.39 is 0 Å². The molecule has 3 nitrogen and oxygen atoms in total. The van der Waals surface area contributed by atoms with Gasteiger partial charge in [0.2, 0.25) is 0 Å². The van der Waals surface area contributed by atoms with E-state index in [1.165, 1.54) is 24.8 Å². The average Bonchev–Trinajstić information content (AvgIpc) is 2.75. The van der Waals surface area contributed by atoms with Gasteiger partial charge < -0.3 is 14.6 Å². The molecule has 0 aliphatic carbocycles. The number of hydrogen-bond acceptors (Lipinski definition) is 3. The minimum absolute atomic E-state index is 0.344. The number of aryl methyl sites for hydroxylation is 1. The van der Waals surface area contributed by atoms with Gasteiger partial charge in [-0.05, 0) is 44.8 Å². The van der Waals surface area contributed by atoms with E-state index in [1.807, 2.05) is 6.92 Å². The minimum Gasteiger partial charge on any atom is -0.469 e. The molecule has 3 heteroatoms. The quantitative estimate of drug-likeness (QED) is 0.660. The van der Waals surface area contributed by atoms with Crippen LogP contribution in [0.4, 0.5) is 0 Å². The smallest absolute Gasteiger partial charge is 0.105 e. The van der Waals surface area contributed by atoms with E-state index in [0.29, 0.717) is 5.41 Å². The van der Waals surface area contributed by atoms with Gasteiger partial charge in [-0.15, -0.1) is 0 Å². The summed E-state index contributed by atoms with van der Waals surface area (Å²) in [5.41, 5.74) is 1.64. The van der Waals surface area contributed by atoms with E-state index in [1.54, 1.807) is 6.26 Å². The monoisotopic (exact) mass is 280 g/mol. The Morgan fingerprint density at radius 2 is 2.05 bits per heavy atom. The Morgan fingerprint density at radius 3 is 2.60 bits per heavy atom. The fourth-order valence-corrected chi connectivity index (χ4v) is 2.97. The van der Waals surface area contributed by atoms with Crippen LogP contribution in [-0.2, 0) is 6.54 Å². The van der Waals surface area contributed by atoms with Crippen molar-refractivity contribution in [2.24, 2.45) is 5.41 Å². The number of nitrogens with zero attached hydrogens (tertiary/aromatic N) is 1.